The number of hydrogen-bond acceptors (Lipinski definition) is 2. The Bertz CT molecular complexity index is 814. The van der Waals surface area contributed by atoms with Crippen molar-refractivity contribution in [2.75, 3.05) is 0 Å². The van der Waals surface area contributed by atoms with E-state index in [1.165, 1.54) is 0 Å². The highest BCUT2D eigenvalue weighted by Crippen LogP contribution is 2.29. The van der Waals surface area contributed by atoms with E-state index in [-0.39, 0.29) is 17.5 Å². The maximum Gasteiger partial charge on any atom is 0.416 e. The molecule has 27 heavy (non-hydrogen) atoms. The molecule has 0 radical (unpaired) electrons. The third-order valence-electron chi connectivity index (χ3n) is 3.64. The van der Waals surface area contributed by atoms with Gasteiger partial charge in [-0.15, -0.1) is 0 Å². The molecule has 0 heterocycles. The van der Waals surface area contributed by atoms with Crippen LogP contribution in [0.2, 0.25) is 0 Å². The Hall–Kier alpha value is -2.97. The van der Waals surface area contributed by atoms with Gasteiger partial charge in [-0.05, 0) is 35.4 Å². The summed E-state index contributed by atoms with van der Waals surface area (Å²) in [4.78, 5) is 23.3. The van der Waals surface area contributed by atoms with Crippen LogP contribution in [-0.2, 0) is 28.6 Å². The van der Waals surface area contributed by atoms with Gasteiger partial charge in [0.2, 0.25) is 5.91 Å². The third kappa shape index (κ3) is 6.05. The van der Waals surface area contributed by atoms with Crippen LogP contribution in [-0.4, -0.2) is 23.0 Å². The summed E-state index contributed by atoms with van der Waals surface area (Å²) in [5, 5.41) is 11.4. The second kappa shape index (κ2) is 8.15. The molecule has 2 rings (SSSR count). The van der Waals surface area contributed by atoms with Gasteiger partial charge in [0.25, 0.3) is 0 Å². The Kier molecular flexibility index (Phi) is 6.14. The average Bonchev–Trinajstić information content (AvgIpc) is 2.52. The van der Waals surface area contributed by atoms with E-state index in [9.17, 15) is 36.6 Å². The van der Waals surface area contributed by atoms with E-state index in [4.69, 9.17) is 0 Å². The van der Waals surface area contributed by atoms with Crippen molar-refractivity contribution in [3.63, 3.8) is 0 Å². The molecule has 1 amide bonds. The first-order valence-corrected chi connectivity index (χ1v) is 7.68. The minimum absolute atomic E-state index is 0.0173. The van der Waals surface area contributed by atoms with Gasteiger partial charge in [-0.3, -0.25) is 4.79 Å². The molecule has 0 unspecified atom stereocenters. The number of aliphatic carboxylic acids is 1. The third-order valence-corrected chi connectivity index (χ3v) is 3.64. The number of rotatable bonds is 6. The summed E-state index contributed by atoms with van der Waals surface area (Å²) in [7, 11) is 0. The quantitative estimate of drug-likeness (QED) is 0.748. The molecule has 2 aromatic carbocycles. The largest absolute Gasteiger partial charge is 0.480 e. The van der Waals surface area contributed by atoms with Crippen LogP contribution >= 0.6 is 0 Å². The smallest absolute Gasteiger partial charge is 0.416 e. The fourth-order valence-corrected chi connectivity index (χ4v) is 2.41. The fourth-order valence-electron chi connectivity index (χ4n) is 2.41. The zero-order valence-corrected chi connectivity index (χ0v) is 13.7. The molecule has 0 aliphatic carbocycles. The summed E-state index contributed by atoms with van der Waals surface area (Å²) in [5.74, 6) is -3.94. The second-order valence-corrected chi connectivity index (χ2v) is 5.81. The Morgan fingerprint density at radius 3 is 2.00 bits per heavy atom. The summed E-state index contributed by atoms with van der Waals surface area (Å²) in [6, 6.07) is 4.96. The Labute approximate surface area is 150 Å². The summed E-state index contributed by atoms with van der Waals surface area (Å²) < 4.78 is 63.9. The van der Waals surface area contributed by atoms with E-state index in [0.717, 1.165) is 36.4 Å². The fraction of sp³-hybridized carbons (Fsp3) is 0.222. The normalized spacial score (nSPS) is 12.5. The lowest BCUT2D eigenvalue weighted by Gasteiger charge is -2.15. The van der Waals surface area contributed by atoms with Gasteiger partial charge in [-0.25, -0.2) is 13.6 Å². The number of carboxylic acid groups (broad SMARTS) is 1. The Morgan fingerprint density at radius 1 is 0.963 bits per heavy atom. The number of carboxylic acids is 1. The zero-order chi connectivity index (χ0) is 20.2. The van der Waals surface area contributed by atoms with Gasteiger partial charge in [0.05, 0.1) is 12.0 Å². The summed E-state index contributed by atoms with van der Waals surface area (Å²) in [5.41, 5.74) is -0.591. The molecule has 2 N–H and O–H groups in total. The molecule has 0 bridgehead atoms. The van der Waals surface area contributed by atoms with Crippen LogP contribution in [0.1, 0.15) is 16.7 Å². The van der Waals surface area contributed by atoms with Crippen LogP contribution in [0.5, 0.6) is 0 Å². The Balaban J connectivity index is 2.04. The molecule has 0 saturated carbocycles. The molecular weight excluding hydrogens is 373 g/mol. The molecule has 0 aliphatic rings. The predicted molar refractivity (Wildman–Crippen MR) is 84.8 cm³/mol. The van der Waals surface area contributed by atoms with Gasteiger partial charge in [-0.2, -0.15) is 13.2 Å². The number of benzene rings is 2. The van der Waals surface area contributed by atoms with Crippen molar-refractivity contribution < 1.29 is 36.6 Å². The van der Waals surface area contributed by atoms with Crippen LogP contribution in [0, 0.1) is 11.6 Å². The number of amides is 1. The highest BCUT2D eigenvalue weighted by atomic mass is 19.4. The number of carbonyl (C=O) groups is 2. The molecule has 1 atom stereocenters. The van der Waals surface area contributed by atoms with Crippen molar-refractivity contribution in [1.29, 1.82) is 0 Å². The maximum atomic E-state index is 13.1. The first kappa shape index (κ1) is 20.3. The molecule has 144 valence electrons. The zero-order valence-electron chi connectivity index (χ0n) is 13.7. The SMILES string of the molecule is O=C(Cc1cc(F)cc(F)c1)N[C@@H](Cc1ccc(C(F)(F)F)cc1)C(=O)O. The number of alkyl halides is 3. The molecular formula is C18H14F5NO3. The molecule has 9 heteroatoms. The van der Waals surface area contributed by atoms with Gasteiger partial charge in [-0.1, -0.05) is 12.1 Å². The minimum Gasteiger partial charge on any atom is -0.480 e. The van der Waals surface area contributed by atoms with E-state index in [1.807, 2.05) is 0 Å². The molecule has 4 nitrogen and oxygen atoms in total. The molecule has 0 saturated heterocycles. The van der Waals surface area contributed by atoms with Gasteiger partial charge in [0, 0.05) is 12.5 Å². The van der Waals surface area contributed by atoms with Crippen LogP contribution in [0.15, 0.2) is 42.5 Å². The van der Waals surface area contributed by atoms with E-state index < -0.39 is 47.7 Å². The molecule has 0 aliphatic heterocycles. The van der Waals surface area contributed by atoms with E-state index >= 15 is 0 Å². The first-order chi connectivity index (χ1) is 12.5. The lowest BCUT2D eigenvalue weighted by atomic mass is 10.0. The van der Waals surface area contributed by atoms with Crippen molar-refractivity contribution in [3.05, 3.63) is 70.8 Å². The molecule has 0 aromatic heterocycles. The lowest BCUT2D eigenvalue weighted by Crippen LogP contribution is -2.43. The summed E-state index contributed by atoms with van der Waals surface area (Å²) >= 11 is 0. The molecule has 0 spiro atoms. The van der Waals surface area contributed by atoms with Crippen molar-refractivity contribution in [2.24, 2.45) is 0 Å². The van der Waals surface area contributed by atoms with Crippen molar-refractivity contribution >= 4 is 11.9 Å². The maximum absolute atomic E-state index is 13.1. The highest BCUT2D eigenvalue weighted by molar-refractivity contribution is 5.85. The van der Waals surface area contributed by atoms with Gasteiger partial charge >= 0.3 is 12.1 Å². The topological polar surface area (TPSA) is 66.4 Å². The average molecular weight is 387 g/mol. The summed E-state index contributed by atoms with van der Waals surface area (Å²) in [6.45, 7) is 0. The number of nitrogens with one attached hydrogen (secondary N) is 1. The second-order valence-electron chi connectivity index (χ2n) is 5.81. The first-order valence-electron chi connectivity index (χ1n) is 7.68. The van der Waals surface area contributed by atoms with Crippen LogP contribution in [0.25, 0.3) is 0 Å². The van der Waals surface area contributed by atoms with Gasteiger partial charge in [0.1, 0.15) is 17.7 Å². The van der Waals surface area contributed by atoms with Crippen LogP contribution in [0.4, 0.5) is 22.0 Å². The number of halogens is 5. The minimum atomic E-state index is -4.51. The van der Waals surface area contributed by atoms with Crippen LogP contribution in [0.3, 0.4) is 0 Å². The highest BCUT2D eigenvalue weighted by Gasteiger charge is 2.30. The Morgan fingerprint density at radius 2 is 1.52 bits per heavy atom. The number of carbonyl (C=O) groups excluding carboxylic acids is 1. The van der Waals surface area contributed by atoms with Crippen molar-refractivity contribution in [2.45, 2.75) is 25.1 Å². The van der Waals surface area contributed by atoms with Gasteiger partial charge < -0.3 is 10.4 Å². The molecule has 0 fully saturated rings. The molecule has 2 aromatic rings. The van der Waals surface area contributed by atoms with Gasteiger partial charge in [0.15, 0.2) is 0 Å². The van der Waals surface area contributed by atoms with E-state index in [0.29, 0.717) is 6.07 Å². The predicted octanol–water partition coefficient (Wildman–Crippen LogP) is 3.34. The standard InChI is InChI=1S/C18H14F5NO3/c19-13-5-11(6-14(20)9-13)8-16(25)24-15(17(26)27)7-10-1-3-12(4-2-10)18(21,22)23/h1-6,9,15H,7-8H2,(H,24,25)(H,26,27)/t15-/m0/s1. The summed E-state index contributed by atoms with van der Waals surface area (Å²) in [6.07, 6.45) is -5.22. The monoisotopic (exact) mass is 387 g/mol. The van der Waals surface area contributed by atoms with E-state index in [1.54, 1.807) is 0 Å². The van der Waals surface area contributed by atoms with Crippen LogP contribution < -0.4 is 5.32 Å². The lowest BCUT2D eigenvalue weighted by molar-refractivity contribution is -0.141. The van der Waals surface area contributed by atoms with Crippen molar-refractivity contribution in [3.8, 4) is 0 Å². The van der Waals surface area contributed by atoms with E-state index in [2.05, 4.69) is 5.32 Å². The van der Waals surface area contributed by atoms with Crippen molar-refractivity contribution in [1.82, 2.24) is 5.32 Å². The number of hydrogen-bond donors (Lipinski definition) is 2.